The zero-order valence-corrected chi connectivity index (χ0v) is 9.35. The van der Waals surface area contributed by atoms with Gasteiger partial charge in [-0.25, -0.2) is 4.68 Å². The SMILES string of the molecule is Cc1cc(/C=N\n2cnnc2)c([O-])c([N+](=O)[O-])c1. The summed E-state index contributed by atoms with van der Waals surface area (Å²) in [5, 5.41) is 33.4. The summed E-state index contributed by atoms with van der Waals surface area (Å²) in [6.07, 6.45) is 3.92. The number of hydrogen-bond acceptors (Lipinski definition) is 6. The molecule has 0 amide bonds. The first-order valence-corrected chi connectivity index (χ1v) is 4.93. The standard InChI is InChI=1S/C10H9N5O3/c1-7-2-8(4-13-14-5-11-12-6-14)10(16)9(3-7)15(17)18/h2-6,16H,1H3/p-1/b13-4-. The molecular weight excluding hydrogens is 238 g/mol. The molecule has 0 unspecified atom stereocenters. The van der Waals surface area contributed by atoms with Gasteiger partial charge in [-0.15, -0.1) is 10.2 Å². The fraction of sp³-hybridized carbons (Fsp3) is 0.100. The normalized spacial score (nSPS) is 10.9. The zero-order valence-electron chi connectivity index (χ0n) is 9.35. The Morgan fingerprint density at radius 2 is 2.06 bits per heavy atom. The summed E-state index contributed by atoms with van der Waals surface area (Å²) in [4.78, 5) is 9.99. The lowest BCUT2D eigenvalue weighted by Crippen LogP contribution is -2.03. The lowest BCUT2D eigenvalue weighted by atomic mass is 10.1. The number of aromatic nitrogens is 3. The molecule has 0 aliphatic carbocycles. The van der Waals surface area contributed by atoms with E-state index in [1.54, 1.807) is 6.92 Å². The Kier molecular flexibility index (Phi) is 3.00. The minimum atomic E-state index is -0.703. The molecule has 1 heterocycles. The van der Waals surface area contributed by atoms with Gasteiger partial charge in [0.15, 0.2) is 0 Å². The van der Waals surface area contributed by atoms with E-state index < -0.39 is 16.4 Å². The molecule has 0 saturated carbocycles. The first kappa shape index (κ1) is 11.7. The van der Waals surface area contributed by atoms with E-state index in [-0.39, 0.29) is 5.56 Å². The van der Waals surface area contributed by atoms with Crippen molar-refractivity contribution in [3.8, 4) is 5.75 Å². The van der Waals surface area contributed by atoms with Crippen LogP contribution in [0.2, 0.25) is 0 Å². The van der Waals surface area contributed by atoms with Crippen molar-refractivity contribution in [2.24, 2.45) is 5.10 Å². The van der Waals surface area contributed by atoms with Gasteiger partial charge < -0.3 is 5.11 Å². The summed E-state index contributed by atoms with van der Waals surface area (Å²) in [6.45, 7) is 1.67. The molecule has 0 spiro atoms. The molecular formula is C10H8N5O3-. The third kappa shape index (κ3) is 2.32. The Hall–Kier alpha value is -2.77. The van der Waals surface area contributed by atoms with Gasteiger partial charge in [-0.2, -0.15) is 5.10 Å². The summed E-state index contributed by atoms with van der Waals surface area (Å²) in [7, 11) is 0. The zero-order chi connectivity index (χ0) is 13.1. The van der Waals surface area contributed by atoms with Gasteiger partial charge in [-0.05, 0) is 23.8 Å². The van der Waals surface area contributed by atoms with Crippen LogP contribution in [0, 0.1) is 17.0 Å². The minimum absolute atomic E-state index is 0.149. The molecule has 18 heavy (non-hydrogen) atoms. The Bertz CT molecular complexity index is 606. The fourth-order valence-electron chi connectivity index (χ4n) is 1.40. The first-order valence-electron chi connectivity index (χ1n) is 4.93. The van der Waals surface area contributed by atoms with Crippen LogP contribution in [0.3, 0.4) is 0 Å². The smallest absolute Gasteiger partial charge is 0.262 e. The highest BCUT2D eigenvalue weighted by atomic mass is 16.6. The number of benzene rings is 1. The minimum Gasteiger partial charge on any atom is -0.867 e. The van der Waals surface area contributed by atoms with Crippen LogP contribution in [0.5, 0.6) is 5.75 Å². The maximum atomic E-state index is 11.7. The average Bonchev–Trinajstić information content (AvgIpc) is 2.82. The maximum absolute atomic E-state index is 11.7. The highest BCUT2D eigenvalue weighted by Gasteiger charge is 2.10. The van der Waals surface area contributed by atoms with Gasteiger partial charge >= 0.3 is 0 Å². The van der Waals surface area contributed by atoms with Crippen molar-refractivity contribution in [3.05, 3.63) is 46.0 Å². The molecule has 0 fully saturated rings. The van der Waals surface area contributed by atoms with Crippen molar-refractivity contribution in [1.82, 2.24) is 14.9 Å². The number of nitrogens with zero attached hydrogens (tertiary/aromatic N) is 5. The van der Waals surface area contributed by atoms with Crippen molar-refractivity contribution in [2.75, 3.05) is 0 Å². The van der Waals surface area contributed by atoms with Crippen LogP contribution in [0.1, 0.15) is 11.1 Å². The number of hydrogen-bond donors (Lipinski definition) is 0. The van der Waals surface area contributed by atoms with Crippen LogP contribution >= 0.6 is 0 Å². The molecule has 0 aliphatic rings. The van der Waals surface area contributed by atoms with E-state index in [0.717, 1.165) is 0 Å². The van der Waals surface area contributed by atoms with Crippen molar-refractivity contribution >= 4 is 11.9 Å². The molecule has 92 valence electrons. The molecule has 2 rings (SSSR count). The van der Waals surface area contributed by atoms with Crippen molar-refractivity contribution < 1.29 is 10.0 Å². The van der Waals surface area contributed by atoms with Crippen molar-refractivity contribution in [2.45, 2.75) is 6.92 Å². The molecule has 1 aromatic carbocycles. The van der Waals surface area contributed by atoms with Gasteiger partial charge in [-0.1, -0.05) is 6.07 Å². The average molecular weight is 246 g/mol. The highest BCUT2D eigenvalue weighted by molar-refractivity contribution is 5.85. The maximum Gasteiger partial charge on any atom is 0.262 e. The summed E-state index contributed by atoms with van der Waals surface area (Å²) in [5.74, 6) is -0.664. The van der Waals surface area contributed by atoms with E-state index in [2.05, 4.69) is 15.3 Å². The van der Waals surface area contributed by atoms with E-state index in [4.69, 9.17) is 0 Å². The molecule has 0 radical (unpaired) electrons. The lowest BCUT2D eigenvalue weighted by Gasteiger charge is -2.11. The summed E-state index contributed by atoms with van der Waals surface area (Å²) in [5.41, 5.74) is 0.308. The quantitative estimate of drug-likeness (QED) is 0.443. The third-order valence-electron chi connectivity index (χ3n) is 2.18. The third-order valence-corrected chi connectivity index (χ3v) is 2.18. The lowest BCUT2D eigenvalue weighted by molar-refractivity contribution is -0.398. The highest BCUT2D eigenvalue weighted by Crippen LogP contribution is 2.27. The topological polar surface area (TPSA) is 109 Å². The largest absolute Gasteiger partial charge is 0.867 e. The van der Waals surface area contributed by atoms with E-state index in [9.17, 15) is 15.2 Å². The number of rotatable bonds is 3. The summed E-state index contributed by atoms with van der Waals surface area (Å²) >= 11 is 0. The predicted molar refractivity (Wildman–Crippen MR) is 60.3 cm³/mol. The van der Waals surface area contributed by atoms with Crippen molar-refractivity contribution in [1.29, 1.82) is 0 Å². The predicted octanol–water partition coefficient (Wildman–Crippen LogP) is 0.451. The van der Waals surface area contributed by atoms with Crippen LogP contribution in [-0.4, -0.2) is 26.0 Å². The molecule has 8 nitrogen and oxygen atoms in total. The van der Waals surface area contributed by atoms with Gasteiger partial charge in [0.1, 0.15) is 12.7 Å². The van der Waals surface area contributed by atoms with Crippen LogP contribution in [0.25, 0.3) is 0 Å². The Morgan fingerprint density at radius 3 is 2.67 bits per heavy atom. The number of nitro benzene ring substituents is 1. The molecule has 0 atom stereocenters. The molecule has 0 saturated heterocycles. The second-order valence-corrected chi connectivity index (χ2v) is 3.55. The van der Waals surface area contributed by atoms with Gasteiger partial charge in [-0.3, -0.25) is 10.1 Å². The van der Waals surface area contributed by atoms with Crippen LogP contribution in [0.15, 0.2) is 29.9 Å². The van der Waals surface area contributed by atoms with Crippen LogP contribution in [0.4, 0.5) is 5.69 Å². The first-order chi connectivity index (χ1) is 8.58. The van der Waals surface area contributed by atoms with E-state index in [1.165, 1.54) is 35.7 Å². The Labute approximate surface area is 101 Å². The van der Waals surface area contributed by atoms with Gasteiger partial charge in [0, 0.05) is 6.07 Å². The van der Waals surface area contributed by atoms with Gasteiger partial charge in [0.25, 0.3) is 5.69 Å². The van der Waals surface area contributed by atoms with Crippen LogP contribution < -0.4 is 5.11 Å². The van der Waals surface area contributed by atoms with Gasteiger partial charge in [0.2, 0.25) is 0 Å². The monoisotopic (exact) mass is 246 g/mol. The van der Waals surface area contributed by atoms with Crippen molar-refractivity contribution in [3.63, 3.8) is 0 Å². The Morgan fingerprint density at radius 1 is 1.39 bits per heavy atom. The van der Waals surface area contributed by atoms with E-state index in [0.29, 0.717) is 5.56 Å². The second-order valence-electron chi connectivity index (χ2n) is 3.55. The molecule has 0 bridgehead atoms. The molecule has 0 N–H and O–H groups in total. The van der Waals surface area contributed by atoms with Gasteiger partial charge in [0.05, 0.1) is 11.1 Å². The second kappa shape index (κ2) is 4.62. The van der Waals surface area contributed by atoms with E-state index in [1.807, 2.05) is 0 Å². The fourth-order valence-corrected chi connectivity index (χ4v) is 1.40. The van der Waals surface area contributed by atoms with Crippen LogP contribution in [-0.2, 0) is 0 Å². The molecule has 8 heteroatoms. The Balaban J connectivity index is 2.42. The summed E-state index contributed by atoms with van der Waals surface area (Å²) < 4.78 is 1.29. The van der Waals surface area contributed by atoms with E-state index >= 15 is 0 Å². The summed E-state index contributed by atoms with van der Waals surface area (Å²) in [6, 6.07) is 2.77. The molecule has 1 aromatic heterocycles. The number of nitro groups is 1. The number of aryl methyl sites for hydroxylation is 1. The molecule has 0 aliphatic heterocycles. The molecule has 2 aromatic rings.